The molecule has 0 spiro atoms. The molecule has 0 heterocycles. The predicted molar refractivity (Wildman–Crippen MR) is 53.8 cm³/mol. The normalized spacial score (nSPS) is 10.2. The topological polar surface area (TPSA) is 49.8 Å². The van der Waals surface area contributed by atoms with Gasteiger partial charge in [-0.3, -0.25) is 0 Å². The molecule has 1 aromatic rings. The van der Waals surface area contributed by atoms with Crippen molar-refractivity contribution in [1.82, 2.24) is 0 Å². The first-order valence-electron chi connectivity index (χ1n) is 4.22. The van der Waals surface area contributed by atoms with Crippen LogP contribution in [0.5, 0.6) is 0 Å². The molecule has 66 valence electrons. The zero-order chi connectivity index (χ0) is 9.52. The first-order valence-corrected chi connectivity index (χ1v) is 4.22. The van der Waals surface area contributed by atoms with E-state index in [0.29, 0.717) is 6.54 Å². The lowest BCUT2D eigenvalue weighted by Gasteiger charge is -1.99. The van der Waals surface area contributed by atoms with Crippen LogP contribution >= 0.6 is 0 Å². The molecule has 0 bridgehead atoms. The second-order valence-corrected chi connectivity index (χ2v) is 2.75. The minimum Gasteiger partial charge on any atom is -0.330 e. The summed E-state index contributed by atoms with van der Waals surface area (Å²) < 4.78 is 0. The Morgan fingerprint density at radius 1 is 1.46 bits per heavy atom. The van der Waals surface area contributed by atoms with Gasteiger partial charge in [-0.2, -0.15) is 5.26 Å². The zero-order valence-electron chi connectivity index (χ0n) is 7.40. The van der Waals surface area contributed by atoms with E-state index in [-0.39, 0.29) is 0 Å². The van der Waals surface area contributed by atoms with Gasteiger partial charge in [0.2, 0.25) is 0 Å². The molecule has 13 heavy (non-hydrogen) atoms. The fourth-order valence-electron chi connectivity index (χ4n) is 1.15. The van der Waals surface area contributed by atoms with Crippen molar-refractivity contribution >= 4 is 6.08 Å². The van der Waals surface area contributed by atoms with Crippen LogP contribution in [0.4, 0.5) is 0 Å². The Labute approximate surface area is 78.3 Å². The van der Waals surface area contributed by atoms with E-state index >= 15 is 0 Å². The van der Waals surface area contributed by atoms with E-state index in [0.717, 1.165) is 12.0 Å². The van der Waals surface area contributed by atoms with Crippen molar-refractivity contribution in [3.8, 4) is 6.07 Å². The van der Waals surface area contributed by atoms with Crippen molar-refractivity contribution in [2.24, 2.45) is 5.73 Å². The van der Waals surface area contributed by atoms with Crippen LogP contribution in [0.3, 0.4) is 0 Å². The summed E-state index contributed by atoms with van der Waals surface area (Å²) >= 11 is 0. The van der Waals surface area contributed by atoms with Crippen LogP contribution in [0.1, 0.15) is 11.1 Å². The van der Waals surface area contributed by atoms with E-state index in [2.05, 4.69) is 0 Å². The van der Waals surface area contributed by atoms with Crippen LogP contribution < -0.4 is 5.73 Å². The summed E-state index contributed by atoms with van der Waals surface area (Å²) in [6, 6.07) is 9.98. The average molecular weight is 172 g/mol. The maximum atomic E-state index is 8.34. The highest BCUT2D eigenvalue weighted by Gasteiger charge is 1.91. The van der Waals surface area contributed by atoms with Gasteiger partial charge in [0.15, 0.2) is 0 Å². The molecular formula is C11H12N2. The third-order valence-corrected chi connectivity index (χ3v) is 1.73. The van der Waals surface area contributed by atoms with Gasteiger partial charge in [0.1, 0.15) is 0 Å². The van der Waals surface area contributed by atoms with Crippen molar-refractivity contribution in [1.29, 1.82) is 5.26 Å². The standard InChI is InChI=1S/C11H12N2/c12-7-2-5-10-3-1-4-11(9-10)6-8-13/h1-5,9H,6,8,13H2. The largest absolute Gasteiger partial charge is 0.330 e. The number of hydrogen-bond acceptors (Lipinski definition) is 2. The van der Waals surface area contributed by atoms with Crippen LogP contribution in [0.15, 0.2) is 30.3 Å². The highest BCUT2D eigenvalue weighted by Crippen LogP contribution is 2.07. The van der Waals surface area contributed by atoms with Crippen LogP contribution in [-0.4, -0.2) is 6.54 Å². The Morgan fingerprint density at radius 2 is 2.31 bits per heavy atom. The van der Waals surface area contributed by atoms with Gasteiger partial charge in [-0.05, 0) is 30.2 Å². The first kappa shape index (κ1) is 9.50. The van der Waals surface area contributed by atoms with Gasteiger partial charge in [0, 0.05) is 6.08 Å². The monoisotopic (exact) mass is 172 g/mol. The number of hydrogen-bond donors (Lipinski definition) is 1. The first-order chi connectivity index (χ1) is 6.36. The smallest absolute Gasteiger partial charge is 0.0912 e. The lowest BCUT2D eigenvalue weighted by Crippen LogP contribution is -2.02. The molecule has 0 radical (unpaired) electrons. The third kappa shape index (κ3) is 3.10. The third-order valence-electron chi connectivity index (χ3n) is 1.73. The molecule has 0 aromatic heterocycles. The summed E-state index contributed by atoms with van der Waals surface area (Å²) in [7, 11) is 0. The Hall–Kier alpha value is -1.59. The molecule has 1 rings (SSSR count). The van der Waals surface area contributed by atoms with E-state index in [1.165, 1.54) is 11.6 Å². The molecule has 0 saturated carbocycles. The van der Waals surface area contributed by atoms with E-state index in [9.17, 15) is 0 Å². The van der Waals surface area contributed by atoms with Crippen LogP contribution in [0.2, 0.25) is 0 Å². The van der Waals surface area contributed by atoms with Gasteiger partial charge in [-0.15, -0.1) is 0 Å². The zero-order valence-corrected chi connectivity index (χ0v) is 7.40. The number of nitrogens with zero attached hydrogens (tertiary/aromatic N) is 1. The van der Waals surface area contributed by atoms with Crippen molar-refractivity contribution < 1.29 is 0 Å². The van der Waals surface area contributed by atoms with Crippen molar-refractivity contribution in [2.45, 2.75) is 6.42 Å². The molecule has 0 unspecified atom stereocenters. The maximum Gasteiger partial charge on any atom is 0.0912 e. The minimum absolute atomic E-state index is 0.658. The molecular weight excluding hydrogens is 160 g/mol. The fraction of sp³-hybridized carbons (Fsp3) is 0.182. The molecule has 0 amide bonds. The summed E-state index contributed by atoms with van der Waals surface area (Å²) in [4.78, 5) is 0. The van der Waals surface area contributed by atoms with E-state index in [4.69, 9.17) is 11.0 Å². The lowest BCUT2D eigenvalue weighted by atomic mass is 10.1. The summed E-state index contributed by atoms with van der Waals surface area (Å²) in [6.07, 6.45) is 4.15. The predicted octanol–water partition coefficient (Wildman–Crippen LogP) is 1.72. The van der Waals surface area contributed by atoms with Crippen LogP contribution in [0, 0.1) is 11.3 Å². The number of nitrogens with two attached hydrogens (primary N) is 1. The lowest BCUT2D eigenvalue weighted by molar-refractivity contribution is 0.968. The van der Waals surface area contributed by atoms with Crippen molar-refractivity contribution in [2.75, 3.05) is 6.54 Å². The molecule has 0 fully saturated rings. The van der Waals surface area contributed by atoms with Gasteiger partial charge in [-0.25, -0.2) is 0 Å². The summed E-state index contributed by atoms with van der Waals surface area (Å²) in [5.41, 5.74) is 7.70. The Morgan fingerprint density at radius 3 is 3.00 bits per heavy atom. The van der Waals surface area contributed by atoms with E-state index < -0.39 is 0 Å². The fourth-order valence-corrected chi connectivity index (χ4v) is 1.15. The summed E-state index contributed by atoms with van der Waals surface area (Å²) in [6.45, 7) is 0.658. The molecule has 2 N–H and O–H groups in total. The summed E-state index contributed by atoms with van der Waals surface area (Å²) in [5.74, 6) is 0. The maximum absolute atomic E-state index is 8.34. The Balaban J connectivity index is 2.80. The SMILES string of the molecule is N#CC=Cc1cccc(CCN)c1. The molecule has 2 heteroatoms. The van der Waals surface area contributed by atoms with Crippen molar-refractivity contribution in [3.05, 3.63) is 41.5 Å². The second kappa shape index (κ2) is 5.13. The van der Waals surface area contributed by atoms with Gasteiger partial charge < -0.3 is 5.73 Å². The highest BCUT2D eigenvalue weighted by molar-refractivity contribution is 5.52. The molecule has 0 aliphatic heterocycles. The molecule has 0 atom stereocenters. The second-order valence-electron chi connectivity index (χ2n) is 2.75. The number of nitriles is 1. The number of allylic oxidation sites excluding steroid dienone is 1. The molecule has 2 nitrogen and oxygen atoms in total. The summed E-state index contributed by atoms with van der Waals surface area (Å²) in [5, 5.41) is 8.34. The van der Waals surface area contributed by atoms with Crippen LogP contribution in [0.25, 0.3) is 6.08 Å². The van der Waals surface area contributed by atoms with E-state index in [1.807, 2.05) is 30.3 Å². The Kier molecular flexibility index (Phi) is 3.74. The van der Waals surface area contributed by atoms with Gasteiger partial charge >= 0.3 is 0 Å². The number of benzene rings is 1. The molecule has 0 aliphatic carbocycles. The molecule has 0 aliphatic rings. The van der Waals surface area contributed by atoms with Gasteiger partial charge in [0.05, 0.1) is 6.07 Å². The highest BCUT2D eigenvalue weighted by atomic mass is 14.5. The number of rotatable bonds is 3. The van der Waals surface area contributed by atoms with E-state index in [1.54, 1.807) is 6.08 Å². The van der Waals surface area contributed by atoms with Crippen molar-refractivity contribution in [3.63, 3.8) is 0 Å². The Bertz CT molecular complexity index is 334. The average Bonchev–Trinajstić information content (AvgIpc) is 2.16. The minimum atomic E-state index is 0.658. The van der Waals surface area contributed by atoms with Crippen LogP contribution in [-0.2, 0) is 6.42 Å². The quantitative estimate of drug-likeness (QED) is 0.706. The van der Waals surface area contributed by atoms with Gasteiger partial charge in [-0.1, -0.05) is 24.3 Å². The van der Waals surface area contributed by atoms with Gasteiger partial charge in [0.25, 0.3) is 0 Å². The molecule has 0 saturated heterocycles. The molecule has 1 aromatic carbocycles.